The van der Waals surface area contributed by atoms with Crippen molar-refractivity contribution < 1.29 is 4.79 Å². The summed E-state index contributed by atoms with van der Waals surface area (Å²) in [5.74, 6) is 1.38. The SMILES string of the molecule is CC(c1ccc(Cl)cc1)n1cnc(-c2ccccc2)c1-c1c(C(=O)Nc2cccnc2N2CCN(c3ccccn3)CC2)[nH]c2cc(Cl)ccc12. The average molecular weight is 714 g/mol. The largest absolute Gasteiger partial charge is 0.353 e. The molecule has 254 valence electrons. The standard InChI is InChI=1S/C40H34Cl2N8O/c1-26(27-12-14-29(41)15-13-27)50-25-45-36(28-8-3-2-4-9-28)38(50)35-31-17-16-30(42)24-33(31)46-37(35)40(51)47-32-10-7-19-44-39(32)49-22-20-48(21-23-49)34-11-5-6-18-43-34/h2-19,24-26,46H,20-23H2,1H3,(H,47,51). The Morgan fingerprint density at radius 3 is 2.27 bits per heavy atom. The first-order chi connectivity index (χ1) is 24.9. The van der Waals surface area contributed by atoms with E-state index in [9.17, 15) is 4.79 Å². The van der Waals surface area contributed by atoms with Gasteiger partial charge in [-0.1, -0.05) is 77.8 Å². The van der Waals surface area contributed by atoms with Crippen LogP contribution in [-0.4, -0.2) is 56.6 Å². The van der Waals surface area contributed by atoms with Gasteiger partial charge in [-0.15, -0.1) is 0 Å². The minimum Gasteiger partial charge on any atom is -0.353 e. The summed E-state index contributed by atoms with van der Waals surface area (Å²) in [6.07, 6.45) is 5.42. The van der Waals surface area contributed by atoms with E-state index in [2.05, 4.69) is 36.6 Å². The highest BCUT2D eigenvalue weighted by Crippen LogP contribution is 2.42. The van der Waals surface area contributed by atoms with Crippen molar-refractivity contribution in [2.45, 2.75) is 13.0 Å². The van der Waals surface area contributed by atoms with Crippen molar-refractivity contribution in [1.82, 2.24) is 24.5 Å². The van der Waals surface area contributed by atoms with E-state index in [1.54, 1.807) is 6.20 Å². The third kappa shape index (κ3) is 6.42. The molecule has 1 saturated heterocycles. The van der Waals surface area contributed by atoms with Crippen LogP contribution in [0.5, 0.6) is 0 Å². The number of halogens is 2. The van der Waals surface area contributed by atoms with Crippen molar-refractivity contribution in [3.8, 4) is 22.5 Å². The topological polar surface area (TPSA) is 95.0 Å². The van der Waals surface area contributed by atoms with Crippen molar-refractivity contribution in [2.75, 3.05) is 41.3 Å². The molecule has 2 N–H and O–H groups in total. The first-order valence-corrected chi connectivity index (χ1v) is 17.6. The predicted octanol–water partition coefficient (Wildman–Crippen LogP) is 8.98. The number of fused-ring (bicyclic) bond motifs is 1. The Labute approximate surface area is 305 Å². The number of H-pyrrole nitrogens is 1. The maximum atomic E-state index is 14.6. The molecule has 1 fully saturated rings. The second kappa shape index (κ2) is 13.9. The molecule has 1 unspecified atom stereocenters. The minimum absolute atomic E-state index is 0.134. The summed E-state index contributed by atoms with van der Waals surface area (Å²) in [5.41, 5.74) is 6.04. The maximum Gasteiger partial charge on any atom is 0.272 e. The lowest BCUT2D eigenvalue weighted by Gasteiger charge is -2.36. The fraction of sp³-hybridized carbons (Fsp3) is 0.150. The zero-order valence-corrected chi connectivity index (χ0v) is 29.3. The lowest BCUT2D eigenvalue weighted by atomic mass is 9.99. The summed E-state index contributed by atoms with van der Waals surface area (Å²) in [5, 5.41) is 5.29. The fourth-order valence-corrected chi connectivity index (χ4v) is 7.12. The number of pyridine rings is 2. The smallest absolute Gasteiger partial charge is 0.272 e. The van der Waals surface area contributed by atoms with Gasteiger partial charge in [-0.2, -0.15) is 0 Å². The Morgan fingerprint density at radius 1 is 0.784 bits per heavy atom. The van der Waals surface area contributed by atoms with Gasteiger partial charge in [-0.25, -0.2) is 15.0 Å². The molecule has 1 aliphatic rings. The number of amides is 1. The molecule has 1 aliphatic heterocycles. The molecule has 51 heavy (non-hydrogen) atoms. The molecular weight excluding hydrogens is 679 g/mol. The lowest BCUT2D eigenvalue weighted by molar-refractivity contribution is 0.102. The van der Waals surface area contributed by atoms with Gasteiger partial charge in [-0.05, 0) is 61.0 Å². The van der Waals surface area contributed by atoms with Crippen LogP contribution in [0.1, 0.15) is 29.0 Å². The monoisotopic (exact) mass is 712 g/mol. The Kier molecular flexibility index (Phi) is 8.90. The Balaban J connectivity index is 1.20. The summed E-state index contributed by atoms with van der Waals surface area (Å²) in [6.45, 7) is 5.14. The molecule has 9 nitrogen and oxygen atoms in total. The molecule has 0 saturated carbocycles. The number of carbonyl (C=O) groups excluding carboxylic acids is 1. The number of benzene rings is 3. The molecule has 11 heteroatoms. The molecule has 0 aliphatic carbocycles. The summed E-state index contributed by atoms with van der Waals surface area (Å²) in [4.78, 5) is 36.7. The molecule has 0 radical (unpaired) electrons. The van der Waals surface area contributed by atoms with Crippen LogP contribution >= 0.6 is 23.2 Å². The number of hydrogen-bond acceptors (Lipinski definition) is 6. The predicted molar refractivity (Wildman–Crippen MR) is 206 cm³/mol. The van der Waals surface area contributed by atoms with Gasteiger partial charge in [0, 0.05) is 70.6 Å². The highest BCUT2D eigenvalue weighted by Gasteiger charge is 2.29. The van der Waals surface area contributed by atoms with E-state index in [0.717, 1.165) is 76.8 Å². The average Bonchev–Trinajstić information content (AvgIpc) is 3.77. The van der Waals surface area contributed by atoms with Gasteiger partial charge in [0.2, 0.25) is 0 Å². The van der Waals surface area contributed by atoms with Gasteiger partial charge in [-0.3, -0.25) is 4.79 Å². The Morgan fingerprint density at radius 2 is 1.51 bits per heavy atom. The van der Waals surface area contributed by atoms with Crippen LogP contribution in [0.3, 0.4) is 0 Å². The van der Waals surface area contributed by atoms with E-state index in [1.165, 1.54) is 0 Å². The van der Waals surface area contributed by atoms with Gasteiger partial charge in [0.1, 0.15) is 11.5 Å². The van der Waals surface area contributed by atoms with Crippen molar-refractivity contribution in [1.29, 1.82) is 0 Å². The van der Waals surface area contributed by atoms with Crippen molar-refractivity contribution in [2.24, 2.45) is 0 Å². The van der Waals surface area contributed by atoms with Gasteiger partial charge in [0.15, 0.2) is 5.82 Å². The molecule has 0 spiro atoms. The molecular formula is C40H34Cl2N8O. The number of rotatable bonds is 8. The molecule has 0 bridgehead atoms. The van der Waals surface area contributed by atoms with Crippen LogP contribution in [0.25, 0.3) is 33.4 Å². The van der Waals surface area contributed by atoms with E-state index in [-0.39, 0.29) is 11.9 Å². The quantitative estimate of drug-likeness (QED) is 0.163. The van der Waals surface area contributed by atoms with Crippen LogP contribution in [0.2, 0.25) is 10.0 Å². The van der Waals surface area contributed by atoms with Crippen LogP contribution in [-0.2, 0) is 0 Å². The Bertz CT molecular complexity index is 2310. The zero-order valence-electron chi connectivity index (χ0n) is 27.8. The van der Waals surface area contributed by atoms with Gasteiger partial charge in [0.05, 0.1) is 29.4 Å². The number of nitrogens with zero attached hydrogens (tertiary/aromatic N) is 6. The number of hydrogen-bond donors (Lipinski definition) is 2. The van der Waals surface area contributed by atoms with Crippen LogP contribution < -0.4 is 15.1 Å². The van der Waals surface area contributed by atoms with Gasteiger partial charge in [0.25, 0.3) is 5.91 Å². The number of nitrogens with one attached hydrogen (secondary N) is 2. The summed E-state index contributed by atoms with van der Waals surface area (Å²) in [7, 11) is 0. The molecule has 1 amide bonds. The minimum atomic E-state index is -0.301. The van der Waals surface area contributed by atoms with E-state index in [1.807, 2.05) is 116 Å². The van der Waals surface area contributed by atoms with Crippen molar-refractivity contribution >= 4 is 57.3 Å². The number of piperazine rings is 1. The lowest BCUT2D eigenvalue weighted by Crippen LogP contribution is -2.47. The zero-order chi connectivity index (χ0) is 34.9. The summed E-state index contributed by atoms with van der Waals surface area (Å²) >= 11 is 12.8. The molecule has 7 aromatic rings. The summed E-state index contributed by atoms with van der Waals surface area (Å²) in [6, 6.07) is 33.0. The molecule has 4 aromatic heterocycles. The van der Waals surface area contributed by atoms with E-state index < -0.39 is 0 Å². The number of aromatic amines is 1. The second-order valence-corrected chi connectivity index (χ2v) is 13.4. The second-order valence-electron chi connectivity index (χ2n) is 12.5. The third-order valence-corrected chi connectivity index (χ3v) is 9.91. The number of carbonyl (C=O) groups is 1. The van der Waals surface area contributed by atoms with E-state index in [0.29, 0.717) is 21.4 Å². The molecule has 3 aromatic carbocycles. The van der Waals surface area contributed by atoms with Crippen molar-refractivity contribution in [3.63, 3.8) is 0 Å². The highest BCUT2D eigenvalue weighted by molar-refractivity contribution is 6.31. The number of imidazole rings is 1. The van der Waals surface area contributed by atoms with Gasteiger partial charge >= 0.3 is 0 Å². The first kappa shape index (κ1) is 32.6. The fourth-order valence-electron chi connectivity index (χ4n) is 6.82. The number of aromatic nitrogens is 5. The number of anilines is 3. The van der Waals surface area contributed by atoms with Crippen LogP contribution in [0, 0.1) is 0 Å². The van der Waals surface area contributed by atoms with Crippen LogP contribution in [0.15, 0.2) is 122 Å². The summed E-state index contributed by atoms with van der Waals surface area (Å²) < 4.78 is 2.12. The highest BCUT2D eigenvalue weighted by atomic mass is 35.5. The first-order valence-electron chi connectivity index (χ1n) is 16.8. The Hall–Kier alpha value is -5.64. The molecule has 5 heterocycles. The maximum absolute atomic E-state index is 14.6. The van der Waals surface area contributed by atoms with E-state index >= 15 is 0 Å². The normalized spacial score (nSPS) is 13.8. The van der Waals surface area contributed by atoms with Crippen molar-refractivity contribution in [3.05, 3.63) is 143 Å². The van der Waals surface area contributed by atoms with Gasteiger partial charge < -0.3 is 24.7 Å². The molecule has 1 atom stereocenters. The van der Waals surface area contributed by atoms with E-state index in [4.69, 9.17) is 33.2 Å². The van der Waals surface area contributed by atoms with Crippen LogP contribution in [0.4, 0.5) is 17.3 Å². The molecule has 8 rings (SSSR count). The third-order valence-electron chi connectivity index (χ3n) is 9.42.